The Morgan fingerprint density at radius 3 is 2.25 bits per heavy atom. The molecule has 0 bridgehead atoms. The lowest BCUT2D eigenvalue weighted by atomic mass is 9.72. The van der Waals surface area contributed by atoms with Crippen molar-refractivity contribution in [3.63, 3.8) is 0 Å². The molecule has 0 unspecified atom stereocenters. The third-order valence-electron chi connectivity index (χ3n) is 3.42. The van der Waals surface area contributed by atoms with E-state index in [0.29, 0.717) is 17.3 Å². The van der Waals surface area contributed by atoms with Gasteiger partial charge in [-0.3, -0.25) is 0 Å². The molecule has 0 radical (unpaired) electrons. The van der Waals surface area contributed by atoms with Crippen molar-refractivity contribution in [2.75, 3.05) is 6.61 Å². The summed E-state index contributed by atoms with van der Waals surface area (Å²) < 4.78 is 6.07. The smallest absolute Gasteiger partial charge is 0.220 e. The second-order valence-electron chi connectivity index (χ2n) is 5.64. The number of rotatable bonds is 2. The first-order chi connectivity index (χ1) is 7.43. The van der Waals surface area contributed by atoms with Crippen LogP contribution in [0.3, 0.4) is 0 Å². The molecule has 1 rings (SSSR count). The third kappa shape index (κ3) is 4.62. The van der Waals surface area contributed by atoms with Gasteiger partial charge in [-0.1, -0.05) is 32.5 Å². The molecule has 3 heteroatoms. The van der Waals surface area contributed by atoms with Crippen LogP contribution in [0.1, 0.15) is 53.4 Å². The monoisotopic (exact) mass is 260 g/mol. The van der Waals surface area contributed by atoms with E-state index >= 15 is 0 Å². The van der Waals surface area contributed by atoms with Crippen molar-refractivity contribution >= 4 is 28.4 Å². The maximum atomic E-state index is 5.33. The molecule has 0 aromatic heterocycles. The van der Waals surface area contributed by atoms with Gasteiger partial charge in [0.1, 0.15) is 0 Å². The van der Waals surface area contributed by atoms with Crippen LogP contribution in [0.25, 0.3) is 0 Å². The van der Waals surface area contributed by atoms with E-state index in [9.17, 15) is 0 Å². The van der Waals surface area contributed by atoms with Gasteiger partial charge in [-0.2, -0.15) is 0 Å². The highest BCUT2D eigenvalue weighted by Crippen LogP contribution is 2.41. The first-order valence-electron chi connectivity index (χ1n) is 6.27. The summed E-state index contributed by atoms with van der Waals surface area (Å²) in [6, 6.07) is 0. The standard InChI is InChI=1S/C13H24OS2/c1-5-14-12(15)16-11-8-6-10(7-9-11)13(2,3)4/h10-11H,5-9H2,1-4H3. The van der Waals surface area contributed by atoms with Crippen molar-refractivity contribution in [2.24, 2.45) is 11.3 Å². The fourth-order valence-corrected chi connectivity index (χ4v) is 3.83. The first kappa shape index (κ1) is 14.3. The summed E-state index contributed by atoms with van der Waals surface area (Å²) in [7, 11) is 0. The molecule has 1 fully saturated rings. The van der Waals surface area contributed by atoms with Gasteiger partial charge in [-0.05, 0) is 56.2 Å². The van der Waals surface area contributed by atoms with Gasteiger partial charge < -0.3 is 4.74 Å². The molecule has 1 saturated carbocycles. The molecule has 0 aliphatic heterocycles. The van der Waals surface area contributed by atoms with Crippen LogP contribution in [0.15, 0.2) is 0 Å². The molecular weight excluding hydrogens is 236 g/mol. The summed E-state index contributed by atoms with van der Waals surface area (Å²) in [5, 5.41) is 0.692. The van der Waals surface area contributed by atoms with Crippen LogP contribution < -0.4 is 0 Å². The number of thioether (sulfide) groups is 1. The van der Waals surface area contributed by atoms with Gasteiger partial charge in [-0.25, -0.2) is 0 Å². The number of hydrogen-bond donors (Lipinski definition) is 0. The molecule has 1 aliphatic carbocycles. The number of ether oxygens (including phenoxy) is 1. The van der Waals surface area contributed by atoms with E-state index in [2.05, 4.69) is 20.8 Å². The van der Waals surface area contributed by atoms with Crippen LogP contribution in [0.2, 0.25) is 0 Å². The van der Waals surface area contributed by atoms with Crippen LogP contribution in [0.5, 0.6) is 0 Å². The molecule has 0 amide bonds. The Balaban J connectivity index is 2.30. The molecule has 0 aromatic rings. The van der Waals surface area contributed by atoms with E-state index in [1.54, 1.807) is 11.8 Å². The van der Waals surface area contributed by atoms with E-state index in [1.165, 1.54) is 25.7 Å². The predicted octanol–water partition coefficient (Wildman–Crippen LogP) is 4.65. The summed E-state index contributed by atoms with van der Waals surface area (Å²) >= 11 is 6.94. The van der Waals surface area contributed by atoms with Gasteiger partial charge in [0.25, 0.3) is 0 Å². The van der Waals surface area contributed by atoms with Crippen molar-refractivity contribution in [3.05, 3.63) is 0 Å². The van der Waals surface area contributed by atoms with E-state index in [4.69, 9.17) is 17.0 Å². The number of thiocarbonyl (C=S) groups is 1. The van der Waals surface area contributed by atoms with Crippen molar-refractivity contribution in [2.45, 2.75) is 58.6 Å². The highest BCUT2D eigenvalue weighted by Gasteiger charge is 2.30. The van der Waals surface area contributed by atoms with Crippen molar-refractivity contribution < 1.29 is 4.74 Å². The highest BCUT2D eigenvalue weighted by molar-refractivity contribution is 8.23. The molecule has 0 spiro atoms. The number of hydrogen-bond acceptors (Lipinski definition) is 3. The van der Waals surface area contributed by atoms with Gasteiger partial charge in [0.2, 0.25) is 4.38 Å². The third-order valence-corrected chi connectivity index (χ3v) is 4.95. The summed E-state index contributed by atoms with van der Waals surface area (Å²) in [6.07, 6.45) is 5.27. The van der Waals surface area contributed by atoms with Gasteiger partial charge in [0.15, 0.2) is 0 Å². The Morgan fingerprint density at radius 1 is 1.25 bits per heavy atom. The lowest BCUT2D eigenvalue weighted by Crippen LogP contribution is -2.27. The lowest BCUT2D eigenvalue weighted by molar-refractivity contribution is 0.182. The molecule has 94 valence electrons. The van der Waals surface area contributed by atoms with Gasteiger partial charge in [-0.15, -0.1) is 0 Å². The summed E-state index contributed by atoms with van der Waals surface area (Å²) in [5.41, 5.74) is 0.468. The zero-order valence-corrected chi connectivity index (χ0v) is 12.5. The zero-order valence-electron chi connectivity index (χ0n) is 10.9. The van der Waals surface area contributed by atoms with Crippen LogP contribution in [-0.4, -0.2) is 16.2 Å². The Bertz CT molecular complexity index is 225. The highest BCUT2D eigenvalue weighted by atomic mass is 32.2. The SMILES string of the molecule is CCOC(=S)SC1CCC(C(C)(C)C)CC1. The molecule has 16 heavy (non-hydrogen) atoms. The molecule has 0 atom stereocenters. The van der Waals surface area contributed by atoms with E-state index in [0.717, 1.165) is 10.3 Å². The molecule has 1 aliphatic rings. The Kier molecular flexibility index (Phi) is 5.58. The Labute approximate surface area is 110 Å². The normalized spacial score (nSPS) is 26.5. The van der Waals surface area contributed by atoms with Crippen LogP contribution in [0, 0.1) is 11.3 Å². The maximum Gasteiger partial charge on any atom is 0.220 e. The fraction of sp³-hybridized carbons (Fsp3) is 0.923. The lowest BCUT2D eigenvalue weighted by Gasteiger charge is -2.36. The summed E-state index contributed by atoms with van der Waals surface area (Å²) in [5.74, 6) is 0.880. The minimum Gasteiger partial charge on any atom is -0.479 e. The average molecular weight is 260 g/mol. The van der Waals surface area contributed by atoms with Crippen molar-refractivity contribution in [1.82, 2.24) is 0 Å². The average Bonchev–Trinajstić information content (AvgIpc) is 2.17. The molecular formula is C13H24OS2. The summed E-state index contributed by atoms with van der Waals surface area (Å²) in [4.78, 5) is 0. The van der Waals surface area contributed by atoms with E-state index in [1.807, 2.05) is 6.92 Å². The second kappa shape index (κ2) is 6.25. The van der Waals surface area contributed by atoms with Crippen molar-refractivity contribution in [1.29, 1.82) is 0 Å². The van der Waals surface area contributed by atoms with Gasteiger partial charge in [0, 0.05) is 5.25 Å². The molecule has 1 nitrogen and oxygen atoms in total. The van der Waals surface area contributed by atoms with Gasteiger partial charge in [0.05, 0.1) is 6.61 Å². The minimum absolute atomic E-state index is 0.468. The zero-order chi connectivity index (χ0) is 12.2. The van der Waals surface area contributed by atoms with Crippen molar-refractivity contribution in [3.8, 4) is 0 Å². The van der Waals surface area contributed by atoms with E-state index in [-0.39, 0.29) is 0 Å². The predicted molar refractivity (Wildman–Crippen MR) is 77.0 cm³/mol. The first-order valence-corrected chi connectivity index (χ1v) is 7.55. The van der Waals surface area contributed by atoms with Crippen LogP contribution in [-0.2, 0) is 4.74 Å². The Hall–Kier alpha value is 0.240. The minimum atomic E-state index is 0.468. The van der Waals surface area contributed by atoms with E-state index < -0.39 is 0 Å². The molecule has 0 saturated heterocycles. The topological polar surface area (TPSA) is 9.23 Å². The molecule has 0 N–H and O–H groups in total. The summed E-state index contributed by atoms with van der Waals surface area (Å²) in [6.45, 7) is 9.76. The van der Waals surface area contributed by atoms with Gasteiger partial charge >= 0.3 is 0 Å². The van der Waals surface area contributed by atoms with Crippen LogP contribution >= 0.6 is 24.0 Å². The molecule has 0 heterocycles. The fourth-order valence-electron chi connectivity index (χ4n) is 2.33. The van der Waals surface area contributed by atoms with Crippen LogP contribution in [0.4, 0.5) is 0 Å². The Morgan fingerprint density at radius 2 is 1.81 bits per heavy atom. The molecule has 0 aromatic carbocycles. The maximum absolute atomic E-state index is 5.33. The second-order valence-corrected chi connectivity index (χ2v) is 7.54. The largest absolute Gasteiger partial charge is 0.479 e. The quantitative estimate of drug-likeness (QED) is 0.669.